The van der Waals surface area contributed by atoms with Gasteiger partial charge < -0.3 is 10.1 Å². The van der Waals surface area contributed by atoms with Crippen LogP contribution in [0.1, 0.15) is 39.2 Å². The maximum atomic E-state index is 12.8. The highest BCUT2D eigenvalue weighted by atomic mass is 19.4. The van der Waals surface area contributed by atoms with E-state index in [2.05, 4.69) is 24.1 Å². The molecule has 0 spiro atoms. The van der Waals surface area contributed by atoms with Crippen molar-refractivity contribution in [2.45, 2.75) is 39.8 Å². The number of ether oxygens (including phenoxy) is 1. The van der Waals surface area contributed by atoms with Gasteiger partial charge in [0, 0.05) is 12.6 Å². The SMILES string of the molecule is CCNc1cc(C(F)(F)F)cc(OCCCC(C)C)n1. The lowest BCUT2D eigenvalue weighted by Crippen LogP contribution is -2.10. The Kier molecular flexibility index (Phi) is 6.10. The molecule has 0 aromatic carbocycles. The van der Waals surface area contributed by atoms with E-state index in [1.165, 1.54) is 0 Å². The summed E-state index contributed by atoms with van der Waals surface area (Å²) >= 11 is 0. The summed E-state index contributed by atoms with van der Waals surface area (Å²) in [6.07, 6.45) is -2.63. The number of hydrogen-bond acceptors (Lipinski definition) is 3. The average molecular weight is 290 g/mol. The van der Waals surface area contributed by atoms with Crippen molar-refractivity contribution in [3.63, 3.8) is 0 Å². The van der Waals surface area contributed by atoms with Crippen molar-refractivity contribution in [3.8, 4) is 5.88 Å². The standard InChI is InChI=1S/C14H21F3N2O/c1-4-18-12-8-11(14(15,16)17)9-13(19-12)20-7-5-6-10(2)3/h8-10H,4-7H2,1-3H3,(H,18,19). The molecule has 0 unspecified atom stereocenters. The summed E-state index contributed by atoms with van der Waals surface area (Å²) < 4.78 is 43.6. The molecule has 3 nitrogen and oxygen atoms in total. The monoisotopic (exact) mass is 290 g/mol. The second kappa shape index (κ2) is 7.36. The zero-order valence-corrected chi connectivity index (χ0v) is 12.0. The first kappa shape index (κ1) is 16.6. The van der Waals surface area contributed by atoms with Gasteiger partial charge in [0.1, 0.15) is 5.82 Å². The Hall–Kier alpha value is -1.46. The molecule has 0 bridgehead atoms. The van der Waals surface area contributed by atoms with Crippen LogP contribution in [0.25, 0.3) is 0 Å². The van der Waals surface area contributed by atoms with Crippen LogP contribution in [0.4, 0.5) is 19.0 Å². The van der Waals surface area contributed by atoms with Gasteiger partial charge in [0.05, 0.1) is 12.2 Å². The van der Waals surface area contributed by atoms with Crippen molar-refractivity contribution in [3.05, 3.63) is 17.7 Å². The van der Waals surface area contributed by atoms with E-state index < -0.39 is 11.7 Å². The van der Waals surface area contributed by atoms with E-state index in [0.717, 1.165) is 25.0 Å². The Balaban J connectivity index is 2.76. The number of pyridine rings is 1. The summed E-state index contributed by atoms with van der Waals surface area (Å²) in [6, 6.07) is 1.93. The van der Waals surface area contributed by atoms with Crippen molar-refractivity contribution >= 4 is 5.82 Å². The third-order valence-corrected chi connectivity index (χ3v) is 2.66. The van der Waals surface area contributed by atoms with E-state index >= 15 is 0 Å². The number of anilines is 1. The summed E-state index contributed by atoms with van der Waals surface area (Å²) in [4.78, 5) is 4.02. The molecule has 1 N–H and O–H groups in total. The van der Waals surface area contributed by atoms with Gasteiger partial charge >= 0.3 is 6.18 Å². The van der Waals surface area contributed by atoms with Gasteiger partial charge in [-0.25, -0.2) is 0 Å². The Bertz CT molecular complexity index is 419. The zero-order valence-electron chi connectivity index (χ0n) is 12.0. The molecule has 0 amide bonds. The number of nitrogens with one attached hydrogen (secondary N) is 1. The normalized spacial score (nSPS) is 11.8. The lowest BCUT2D eigenvalue weighted by Gasteiger charge is -2.13. The van der Waals surface area contributed by atoms with E-state index in [1.54, 1.807) is 6.92 Å². The smallest absolute Gasteiger partial charge is 0.416 e. The topological polar surface area (TPSA) is 34.1 Å². The van der Waals surface area contributed by atoms with Crippen LogP contribution in [0.2, 0.25) is 0 Å². The van der Waals surface area contributed by atoms with Crippen LogP contribution in [0.3, 0.4) is 0 Å². The van der Waals surface area contributed by atoms with Gasteiger partial charge in [0.25, 0.3) is 0 Å². The maximum Gasteiger partial charge on any atom is 0.416 e. The van der Waals surface area contributed by atoms with Crippen molar-refractivity contribution in [2.24, 2.45) is 5.92 Å². The highest BCUT2D eigenvalue weighted by Gasteiger charge is 2.31. The first-order valence-corrected chi connectivity index (χ1v) is 6.79. The van der Waals surface area contributed by atoms with Gasteiger partial charge in [-0.3, -0.25) is 0 Å². The Morgan fingerprint density at radius 2 is 2.00 bits per heavy atom. The fraction of sp³-hybridized carbons (Fsp3) is 0.643. The predicted molar refractivity (Wildman–Crippen MR) is 73.0 cm³/mol. The van der Waals surface area contributed by atoms with Crippen molar-refractivity contribution in [2.75, 3.05) is 18.5 Å². The molecule has 1 aromatic heterocycles. The average Bonchev–Trinajstić information content (AvgIpc) is 2.33. The highest BCUT2D eigenvalue weighted by molar-refractivity contribution is 5.42. The molecule has 20 heavy (non-hydrogen) atoms. The van der Waals surface area contributed by atoms with Gasteiger partial charge in [0.2, 0.25) is 5.88 Å². The van der Waals surface area contributed by atoms with Crippen molar-refractivity contribution in [1.29, 1.82) is 0 Å². The quantitative estimate of drug-likeness (QED) is 0.758. The second-order valence-corrected chi connectivity index (χ2v) is 4.99. The zero-order chi connectivity index (χ0) is 15.2. The molecule has 0 aliphatic rings. The Labute approximate surface area is 117 Å². The van der Waals surface area contributed by atoms with Gasteiger partial charge in [-0.15, -0.1) is 0 Å². The van der Waals surface area contributed by atoms with Crippen LogP contribution in [-0.2, 0) is 6.18 Å². The van der Waals surface area contributed by atoms with E-state index in [4.69, 9.17) is 4.74 Å². The van der Waals surface area contributed by atoms with E-state index in [0.29, 0.717) is 19.1 Å². The molecule has 1 aromatic rings. The minimum Gasteiger partial charge on any atom is -0.478 e. The first-order chi connectivity index (χ1) is 9.32. The Morgan fingerprint density at radius 3 is 2.55 bits per heavy atom. The molecule has 1 rings (SSSR count). The first-order valence-electron chi connectivity index (χ1n) is 6.79. The predicted octanol–water partition coefficient (Wildman–Crippen LogP) is 4.35. The molecular formula is C14H21F3N2O. The molecule has 0 fully saturated rings. The summed E-state index contributed by atoms with van der Waals surface area (Å²) in [6.45, 7) is 6.85. The van der Waals surface area contributed by atoms with E-state index in [9.17, 15) is 13.2 Å². The van der Waals surface area contributed by atoms with Crippen LogP contribution in [-0.4, -0.2) is 18.1 Å². The third-order valence-electron chi connectivity index (χ3n) is 2.66. The largest absolute Gasteiger partial charge is 0.478 e. The minimum atomic E-state index is -4.40. The van der Waals surface area contributed by atoms with Crippen molar-refractivity contribution < 1.29 is 17.9 Å². The lowest BCUT2D eigenvalue weighted by molar-refractivity contribution is -0.137. The van der Waals surface area contributed by atoms with Crippen LogP contribution >= 0.6 is 0 Å². The number of hydrogen-bond donors (Lipinski definition) is 1. The molecule has 6 heteroatoms. The molecular weight excluding hydrogens is 269 g/mol. The van der Waals surface area contributed by atoms with E-state index in [1.807, 2.05) is 0 Å². The summed E-state index contributed by atoms with van der Waals surface area (Å²) in [5.41, 5.74) is -0.748. The second-order valence-electron chi connectivity index (χ2n) is 4.99. The van der Waals surface area contributed by atoms with Crippen LogP contribution in [0, 0.1) is 5.92 Å². The molecule has 1 heterocycles. The van der Waals surface area contributed by atoms with E-state index in [-0.39, 0.29) is 11.7 Å². The number of halogens is 3. The summed E-state index contributed by atoms with van der Waals surface area (Å²) in [5.74, 6) is 0.742. The third kappa shape index (κ3) is 5.67. The maximum absolute atomic E-state index is 12.8. The van der Waals surface area contributed by atoms with Gasteiger partial charge in [-0.2, -0.15) is 18.2 Å². The summed E-state index contributed by atoms with van der Waals surface area (Å²) in [5, 5.41) is 2.78. The minimum absolute atomic E-state index is 0.0135. The van der Waals surface area contributed by atoms with Gasteiger partial charge in [-0.05, 0) is 31.7 Å². The summed E-state index contributed by atoms with van der Waals surface area (Å²) in [7, 11) is 0. The molecule has 0 atom stereocenters. The Morgan fingerprint density at radius 1 is 1.30 bits per heavy atom. The molecule has 0 aliphatic carbocycles. The fourth-order valence-electron chi connectivity index (χ4n) is 1.68. The lowest BCUT2D eigenvalue weighted by atomic mass is 10.1. The van der Waals surface area contributed by atoms with Gasteiger partial charge in [0.15, 0.2) is 0 Å². The fourth-order valence-corrected chi connectivity index (χ4v) is 1.68. The van der Waals surface area contributed by atoms with Crippen LogP contribution in [0.15, 0.2) is 12.1 Å². The molecule has 114 valence electrons. The molecule has 0 saturated heterocycles. The molecule has 0 saturated carbocycles. The van der Waals surface area contributed by atoms with Crippen molar-refractivity contribution in [1.82, 2.24) is 4.98 Å². The van der Waals surface area contributed by atoms with Crippen LogP contribution < -0.4 is 10.1 Å². The number of aromatic nitrogens is 1. The molecule has 0 aliphatic heterocycles. The van der Waals surface area contributed by atoms with Crippen LogP contribution in [0.5, 0.6) is 5.88 Å². The molecule has 0 radical (unpaired) electrons. The number of rotatable bonds is 7. The number of alkyl halides is 3. The number of nitrogens with zero attached hydrogens (tertiary/aromatic N) is 1. The highest BCUT2D eigenvalue weighted by Crippen LogP contribution is 2.32. The van der Waals surface area contributed by atoms with Gasteiger partial charge in [-0.1, -0.05) is 13.8 Å².